The number of carboxylic acid groups (broad SMARTS) is 1. The molecule has 6 atom stereocenters. The Hall–Kier alpha value is -2.09. The molecule has 0 spiro atoms. The highest BCUT2D eigenvalue weighted by molar-refractivity contribution is 5.71. The Kier molecular flexibility index (Phi) is 11.3. The molecule has 1 N–H and O–H groups in total. The van der Waals surface area contributed by atoms with Gasteiger partial charge in [-0.1, -0.05) is 123 Å². The summed E-state index contributed by atoms with van der Waals surface area (Å²) in [4.78, 5) is 12.7. The van der Waals surface area contributed by atoms with Crippen LogP contribution in [0.3, 0.4) is 0 Å². The van der Waals surface area contributed by atoms with Crippen LogP contribution >= 0.6 is 0 Å². The number of rotatable bonds is 14. The molecule has 200 valence electrons. The van der Waals surface area contributed by atoms with Crippen LogP contribution in [0.5, 0.6) is 0 Å². The molecule has 2 nitrogen and oxygen atoms in total. The van der Waals surface area contributed by atoms with Crippen LogP contribution in [-0.4, -0.2) is 11.1 Å². The molecule has 0 radical (unpaired) electrons. The van der Waals surface area contributed by atoms with Crippen molar-refractivity contribution in [1.29, 1.82) is 0 Å². The molecule has 0 bridgehead atoms. The summed E-state index contributed by atoms with van der Waals surface area (Å²) in [7, 11) is 0. The van der Waals surface area contributed by atoms with Crippen LogP contribution in [0.4, 0.5) is 0 Å². The molecule has 6 unspecified atom stereocenters. The molecule has 2 rings (SSSR count). The van der Waals surface area contributed by atoms with Crippen molar-refractivity contribution in [3.63, 3.8) is 0 Å². The van der Waals surface area contributed by atoms with Crippen molar-refractivity contribution >= 4 is 5.97 Å². The standard InChI is InChI=1S/C34H52O2/c1-23(2)20-31(29-18-14-11-15-19-29)27(7)25(5)21-32(33(35)36)34(8,9)26(6)22-30(24(3)4)28-16-12-10-13-17-28/h10-19,23-27,30-32H,20-22H2,1-9H3,(H,35,36). The highest BCUT2D eigenvalue weighted by atomic mass is 16.4. The van der Waals surface area contributed by atoms with Gasteiger partial charge in [-0.05, 0) is 77.2 Å². The molecular formula is C34H52O2. The summed E-state index contributed by atoms with van der Waals surface area (Å²) in [5.41, 5.74) is 2.44. The summed E-state index contributed by atoms with van der Waals surface area (Å²) < 4.78 is 0. The van der Waals surface area contributed by atoms with Gasteiger partial charge in [0.25, 0.3) is 0 Å². The lowest BCUT2D eigenvalue weighted by molar-refractivity contribution is -0.148. The van der Waals surface area contributed by atoms with Gasteiger partial charge in [-0.2, -0.15) is 0 Å². The second-order valence-electron chi connectivity index (χ2n) is 12.8. The van der Waals surface area contributed by atoms with Gasteiger partial charge >= 0.3 is 5.97 Å². The van der Waals surface area contributed by atoms with Crippen molar-refractivity contribution in [1.82, 2.24) is 0 Å². The van der Waals surface area contributed by atoms with Gasteiger partial charge in [-0.15, -0.1) is 0 Å². The van der Waals surface area contributed by atoms with E-state index in [1.807, 2.05) is 0 Å². The Morgan fingerprint density at radius 2 is 1.19 bits per heavy atom. The van der Waals surface area contributed by atoms with Crippen molar-refractivity contribution in [2.45, 2.75) is 93.4 Å². The Morgan fingerprint density at radius 3 is 1.61 bits per heavy atom. The van der Waals surface area contributed by atoms with Gasteiger partial charge in [0.1, 0.15) is 0 Å². The zero-order valence-electron chi connectivity index (χ0n) is 24.4. The monoisotopic (exact) mass is 492 g/mol. The lowest BCUT2D eigenvalue weighted by atomic mass is 9.62. The van der Waals surface area contributed by atoms with Gasteiger partial charge in [-0.25, -0.2) is 0 Å². The average molecular weight is 493 g/mol. The first-order valence-electron chi connectivity index (χ1n) is 14.2. The molecule has 0 aromatic heterocycles. The van der Waals surface area contributed by atoms with Crippen molar-refractivity contribution in [2.24, 2.45) is 40.9 Å². The number of benzene rings is 2. The Labute approximate surface area is 221 Å². The van der Waals surface area contributed by atoms with E-state index in [9.17, 15) is 9.90 Å². The van der Waals surface area contributed by atoms with E-state index in [1.54, 1.807) is 0 Å². The second-order valence-corrected chi connectivity index (χ2v) is 12.8. The van der Waals surface area contributed by atoms with E-state index in [0.29, 0.717) is 41.9 Å². The average Bonchev–Trinajstić information content (AvgIpc) is 2.83. The molecule has 0 saturated carbocycles. The molecule has 0 heterocycles. The van der Waals surface area contributed by atoms with E-state index < -0.39 is 5.97 Å². The molecular weight excluding hydrogens is 440 g/mol. The minimum atomic E-state index is -0.646. The Bertz CT molecular complexity index is 899. The fourth-order valence-electron chi connectivity index (χ4n) is 6.09. The highest BCUT2D eigenvalue weighted by Gasteiger charge is 2.42. The van der Waals surface area contributed by atoms with Gasteiger partial charge < -0.3 is 5.11 Å². The summed E-state index contributed by atoms with van der Waals surface area (Å²) in [6.07, 6.45) is 2.84. The third-order valence-corrected chi connectivity index (χ3v) is 9.20. The molecule has 0 fully saturated rings. The number of hydrogen-bond donors (Lipinski definition) is 1. The summed E-state index contributed by atoms with van der Waals surface area (Å²) in [6, 6.07) is 21.6. The van der Waals surface area contributed by atoms with E-state index >= 15 is 0 Å². The second kappa shape index (κ2) is 13.5. The normalized spacial score (nSPS) is 17.4. The van der Waals surface area contributed by atoms with E-state index in [0.717, 1.165) is 12.8 Å². The van der Waals surface area contributed by atoms with Gasteiger partial charge in [-0.3, -0.25) is 4.79 Å². The van der Waals surface area contributed by atoms with Crippen LogP contribution in [0.2, 0.25) is 0 Å². The largest absolute Gasteiger partial charge is 0.481 e. The molecule has 0 amide bonds. The van der Waals surface area contributed by atoms with Crippen molar-refractivity contribution < 1.29 is 9.90 Å². The predicted molar refractivity (Wildman–Crippen MR) is 154 cm³/mol. The lowest BCUT2D eigenvalue weighted by Crippen LogP contribution is -2.39. The first kappa shape index (κ1) is 30.1. The Morgan fingerprint density at radius 1 is 0.722 bits per heavy atom. The van der Waals surface area contributed by atoms with E-state index in [2.05, 4.69) is 123 Å². The minimum absolute atomic E-state index is 0.286. The first-order valence-corrected chi connectivity index (χ1v) is 14.2. The molecule has 2 heteroatoms. The van der Waals surface area contributed by atoms with Crippen LogP contribution in [0.25, 0.3) is 0 Å². The van der Waals surface area contributed by atoms with Gasteiger partial charge in [0.2, 0.25) is 0 Å². The van der Waals surface area contributed by atoms with Gasteiger partial charge in [0.05, 0.1) is 5.92 Å². The topological polar surface area (TPSA) is 37.3 Å². The van der Waals surface area contributed by atoms with Crippen molar-refractivity contribution in [3.8, 4) is 0 Å². The van der Waals surface area contributed by atoms with E-state index in [-0.39, 0.29) is 17.3 Å². The molecule has 2 aromatic rings. The number of aliphatic carboxylic acids is 1. The minimum Gasteiger partial charge on any atom is -0.481 e. The summed E-state index contributed by atoms with van der Waals surface area (Å²) in [5, 5.41) is 10.4. The van der Waals surface area contributed by atoms with Gasteiger partial charge in [0, 0.05) is 0 Å². The summed E-state index contributed by atoms with van der Waals surface area (Å²) in [5.74, 6) is 1.98. The molecule has 2 aromatic carbocycles. The van der Waals surface area contributed by atoms with Crippen molar-refractivity contribution in [2.75, 3.05) is 0 Å². The first-order chi connectivity index (χ1) is 16.9. The SMILES string of the molecule is CC(C)CC(c1ccccc1)C(C)C(C)CC(C(=O)O)C(C)(C)C(C)CC(c1ccccc1)C(C)C. The van der Waals surface area contributed by atoms with Crippen molar-refractivity contribution in [3.05, 3.63) is 71.8 Å². The zero-order valence-corrected chi connectivity index (χ0v) is 24.4. The van der Waals surface area contributed by atoms with Gasteiger partial charge in [0.15, 0.2) is 0 Å². The maximum absolute atomic E-state index is 12.7. The molecule has 36 heavy (non-hydrogen) atoms. The smallest absolute Gasteiger partial charge is 0.307 e. The Balaban J connectivity index is 2.24. The third-order valence-electron chi connectivity index (χ3n) is 9.20. The summed E-state index contributed by atoms with van der Waals surface area (Å²) >= 11 is 0. The number of carbonyl (C=O) groups is 1. The molecule has 0 saturated heterocycles. The van der Waals surface area contributed by atoms with Crippen LogP contribution < -0.4 is 0 Å². The molecule has 0 aliphatic carbocycles. The maximum atomic E-state index is 12.7. The highest BCUT2D eigenvalue weighted by Crippen LogP contribution is 2.46. The fraction of sp³-hybridized carbons (Fsp3) is 0.618. The molecule has 0 aliphatic heterocycles. The maximum Gasteiger partial charge on any atom is 0.307 e. The quantitative estimate of drug-likeness (QED) is 0.285. The zero-order chi connectivity index (χ0) is 27.0. The van der Waals surface area contributed by atoms with Crippen LogP contribution in [0.1, 0.15) is 105 Å². The lowest BCUT2D eigenvalue weighted by Gasteiger charge is -2.42. The van der Waals surface area contributed by atoms with Crippen LogP contribution in [0.15, 0.2) is 60.7 Å². The van der Waals surface area contributed by atoms with Crippen LogP contribution in [-0.2, 0) is 4.79 Å². The number of hydrogen-bond acceptors (Lipinski definition) is 1. The van der Waals surface area contributed by atoms with Crippen LogP contribution in [0, 0.1) is 40.9 Å². The van der Waals surface area contributed by atoms with E-state index in [4.69, 9.17) is 0 Å². The fourth-order valence-corrected chi connectivity index (χ4v) is 6.09. The number of carboxylic acids is 1. The summed E-state index contributed by atoms with van der Waals surface area (Å²) in [6.45, 7) is 20.4. The third kappa shape index (κ3) is 7.95. The van der Waals surface area contributed by atoms with E-state index in [1.165, 1.54) is 11.1 Å². The molecule has 0 aliphatic rings. The predicted octanol–water partition coefficient (Wildman–Crippen LogP) is 9.67.